The molecule has 0 fully saturated rings. The van der Waals surface area contributed by atoms with E-state index in [4.69, 9.17) is 16.2 Å². The van der Waals surface area contributed by atoms with Crippen LogP contribution in [0.3, 0.4) is 0 Å². The molecular formula is C22H20N2O2. The third kappa shape index (κ3) is 4.30. The van der Waals surface area contributed by atoms with Crippen LogP contribution < -0.4 is 16.2 Å². The minimum absolute atomic E-state index is 0.391. The van der Waals surface area contributed by atoms with Crippen molar-refractivity contribution in [2.75, 3.05) is 11.5 Å². The second-order valence-electron chi connectivity index (χ2n) is 6.03. The molecular weight excluding hydrogens is 324 g/mol. The molecule has 4 heteroatoms. The van der Waals surface area contributed by atoms with E-state index >= 15 is 0 Å². The topological polar surface area (TPSA) is 78.3 Å². The van der Waals surface area contributed by atoms with Crippen molar-refractivity contribution in [3.05, 3.63) is 83.9 Å². The van der Waals surface area contributed by atoms with Crippen LogP contribution in [-0.4, -0.2) is 5.97 Å². The minimum atomic E-state index is -0.391. The second kappa shape index (κ2) is 7.57. The molecule has 0 unspecified atom stereocenters. The van der Waals surface area contributed by atoms with Crippen molar-refractivity contribution in [3.8, 4) is 16.9 Å². The average molecular weight is 344 g/mol. The highest BCUT2D eigenvalue weighted by Gasteiger charge is 2.08. The fourth-order valence-corrected chi connectivity index (χ4v) is 2.48. The number of esters is 1. The second-order valence-corrected chi connectivity index (χ2v) is 6.03. The highest BCUT2D eigenvalue weighted by Crippen LogP contribution is 2.22. The Bertz CT molecular complexity index is 925. The number of rotatable bonds is 4. The summed E-state index contributed by atoms with van der Waals surface area (Å²) in [4.78, 5) is 12.2. The van der Waals surface area contributed by atoms with Crippen LogP contribution in [0, 0.1) is 0 Å². The lowest BCUT2D eigenvalue weighted by Gasteiger charge is -2.06. The summed E-state index contributed by atoms with van der Waals surface area (Å²) in [5.74, 6) is 0.0769. The van der Waals surface area contributed by atoms with E-state index in [1.54, 1.807) is 37.3 Å². The molecule has 0 saturated carbocycles. The van der Waals surface area contributed by atoms with Gasteiger partial charge in [0.1, 0.15) is 5.75 Å². The molecule has 26 heavy (non-hydrogen) atoms. The molecule has 3 rings (SSSR count). The Labute approximate surface area is 152 Å². The van der Waals surface area contributed by atoms with Crippen molar-refractivity contribution in [3.63, 3.8) is 0 Å². The molecule has 0 saturated heterocycles. The van der Waals surface area contributed by atoms with Crippen LogP contribution in [0.4, 0.5) is 11.4 Å². The number of ether oxygens (including phenoxy) is 1. The summed E-state index contributed by atoms with van der Waals surface area (Å²) in [5, 5.41) is 0. The molecule has 0 bridgehead atoms. The largest absolute Gasteiger partial charge is 0.423 e. The highest BCUT2D eigenvalue weighted by molar-refractivity contribution is 5.94. The molecule has 130 valence electrons. The Morgan fingerprint density at radius 2 is 1.23 bits per heavy atom. The Balaban J connectivity index is 1.71. The molecule has 0 radical (unpaired) electrons. The number of anilines is 2. The van der Waals surface area contributed by atoms with Crippen molar-refractivity contribution in [1.29, 1.82) is 0 Å². The summed E-state index contributed by atoms with van der Waals surface area (Å²) in [6.07, 6.45) is 1.80. The first-order chi connectivity index (χ1) is 12.5. The summed E-state index contributed by atoms with van der Waals surface area (Å²) in [6, 6.07) is 22.4. The van der Waals surface area contributed by atoms with Gasteiger partial charge < -0.3 is 16.2 Å². The van der Waals surface area contributed by atoms with Crippen molar-refractivity contribution >= 4 is 23.4 Å². The van der Waals surface area contributed by atoms with Gasteiger partial charge in [0.15, 0.2) is 0 Å². The first-order valence-electron chi connectivity index (χ1n) is 8.23. The summed E-state index contributed by atoms with van der Waals surface area (Å²) in [7, 11) is 0. The summed E-state index contributed by atoms with van der Waals surface area (Å²) in [6.45, 7) is 1.73. The third-order valence-corrected chi connectivity index (χ3v) is 3.95. The van der Waals surface area contributed by atoms with E-state index in [0.29, 0.717) is 17.0 Å². The Morgan fingerprint density at radius 1 is 0.769 bits per heavy atom. The van der Waals surface area contributed by atoms with E-state index < -0.39 is 5.97 Å². The van der Waals surface area contributed by atoms with Gasteiger partial charge in [0, 0.05) is 16.9 Å². The maximum absolute atomic E-state index is 12.2. The monoisotopic (exact) mass is 344 g/mol. The minimum Gasteiger partial charge on any atom is -0.423 e. The zero-order valence-corrected chi connectivity index (χ0v) is 14.5. The SMILES string of the molecule is C/C(=C\c1ccc(-c2ccc(N)cc2)cc1)C(=O)Oc1ccc(N)cc1. The van der Waals surface area contributed by atoms with E-state index in [0.717, 1.165) is 22.4 Å². The summed E-state index contributed by atoms with van der Waals surface area (Å²) in [5.41, 5.74) is 16.3. The Hall–Kier alpha value is -3.53. The van der Waals surface area contributed by atoms with E-state index in [1.807, 2.05) is 48.5 Å². The molecule has 3 aromatic carbocycles. The van der Waals surface area contributed by atoms with Gasteiger partial charge in [0.25, 0.3) is 0 Å². The number of benzene rings is 3. The number of hydrogen-bond acceptors (Lipinski definition) is 4. The molecule has 4 N–H and O–H groups in total. The molecule has 0 aliphatic heterocycles. The van der Waals surface area contributed by atoms with Crippen molar-refractivity contribution in [1.82, 2.24) is 0 Å². The van der Waals surface area contributed by atoms with Gasteiger partial charge in [-0.3, -0.25) is 0 Å². The fraction of sp³-hybridized carbons (Fsp3) is 0.0455. The van der Waals surface area contributed by atoms with Crippen LogP contribution in [0.1, 0.15) is 12.5 Å². The molecule has 0 aliphatic carbocycles. The van der Waals surface area contributed by atoms with E-state index in [-0.39, 0.29) is 0 Å². The van der Waals surface area contributed by atoms with Crippen molar-refractivity contribution in [2.45, 2.75) is 6.92 Å². The quantitative estimate of drug-likeness (QED) is 0.315. The zero-order valence-electron chi connectivity index (χ0n) is 14.5. The van der Waals surface area contributed by atoms with Gasteiger partial charge in [0.05, 0.1) is 0 Å². The van der Waals surface area contributed by atoms with E-state index in [2.05, 4.69) is 0 Å². The van der Waals surface area contributed by atoms with Gasteiger partial charge in [-0.1, -0.05) is 36.4 Å². The number of nitrogen functional groups attached to an aromatic ring is 2. The smallest absolute Gasteiger partial charge is 0.339 e. The number of carbonyl (C=O) groups excluding carboxylic acids is 1. The maximum atomic E-state index is 12.2. The number of nitrogens with two attached hydrogens (primary N) is 2. The third-order valence-electron chi connectivity index (χ3n) is 3.95. The zero-order chi connectivity index (χ0) is 18.5. The van der Waals surface area contributed by atoms with Crippen LogP contribution in [0.25, 0.3) is 17.2 Å². The molecule has 0 spiro atoms. The molecule has 3 aromatic rings. The van der Waals surface area contributed by atoms with Crippen molar-refractivity contribution in [2.24, 2.45) is 0 Å². The molecule has 0 aromatic heterocycles. The number of carbonyl (C=O) groups is 1. The fourth-order valence-electron chi connectivity index (χ4n) is 2.48. The normalized spacial score (nSPS) is 11.2. The first-order valence-corrected chi connectivity index (χ1v) is 8.23. The van der Waals surface area contributed by atoms with Gasteiger partial charge >= 0.3 is 5.97 Å². The highest BCUT2D eigenvalue weighted by atomic mass is 16.5. The standard InChI is InChI=1S/C22H20N2O2/c1-15(22(25)26-21-12-10-20(24)11-13-21)14-16-2-4-17(5-3-16)18-6-8-19(23)9-7-18/h2-14H,23-24H2,1H3/b15-14+. The van der Waals surface area contributed by atoms with Gasteiger partial charge in [-0.25, -0.2) is 4.79 Å². The van der Waals surface area contributed by atoms with E-state index in [1.165, 1.54) is 0 Å². The molecule has 0 heterocycles. The molecule has 0 amide bonds. The molecule has 0 aliphatic rings. The molecule has 0 atom stereocenters. The lowest BCUT2D eigenvalue weighted by molar-refractivity contribution is -0.130. The van der Waals surface area contributed by atoms with Crippen LogP contribution in [0.2, 0.25) is 0 Å². The number of hydrogen-bond donors (Lipinski definition) is 2. The Morgan fingerprint density at radius 3 is 1.77 bits per heavy atom. The predicted octanol–water partition coefficient (Wildman–Crippen LogP) is 4.53. The van der Waals surface area contributed by atoms with Crippen LogP contribution in [0.5, 0.6) is 5.75 Å². The lowest BCUT2D eigenvalue weighted by Crippen LogP contribution is -2.09. The Kier molecular flexibility index (Phi) is 5.04. The van der Waals surface area contributed by atoms with Crippen LogP contribution in [0.15, 0.2) is 78.4 Å². The molecule has 4 nitrogen and oxygen atoms in total. The first kappa shape index (κ1) is 17.3. The van der Waals surface area contributed by atoms with Crippen LogP contribution >= 0.6 is 0 Å². The van der Waals surface area contributed by atoms with Gasteiger partial charge in [-0.05, 0) is 66.1 Å². The average Bonchev–Trinajstić information content (AvgIpc) is 2.65. The van der Waals surface area contributed by atoms with E-state index in [9.17, 15) is 4.79 Å². The van der Waals surface area contributed by atoms with Crippen LogP contribution in [-0.2, 0) is 4.79 Å². The summed E-state index contributed by atoms with van der Waals surface area (Å²) < 4.78 is 5.33. The van der Waals surface area contributed by atoms with Crippen molar-refractivity contribution < 1.29 is 9.53 Å². The predicted molar refractivity (Wildman–Crippen MR) is 106 cm³/mol. The summed E-state index contributed by atoms with van der Waals surface area (Å²) >= 11 is 0. The van der Waals surface area contributed by atoms with Gasteiger partial charge in [0.2, 0.25) is 0 Å². The lowest BCUT2D eigenvalue weighted by atomic mass is 10.0. The van der Waals surface area contributed by atoms with Gasteiger partial charge in [-0.2, -0.15) is 0 Å². The maximum Gasteiger partial charge on any atom is 0.339 e. The van der Waals surface area contributed by atoms with Gasteiger partial charge in [-0.15, -0.1) is 0 Å².